The number of methoxy groups -OCH3 is 1. The molecule has 16 heteroatoms. The zero-order valence-corrected chi connectivity index (χ0v) is 24.3. The van der Waals surface area contributed by atoms with Crippen LogP contribution in [0.25, 0.3) is 32.0 Å². The fourth-order valence-electron chi connectivity index (χ4n) is 3.88. The summed E-state index contributed by atoms with van der Waals surface area (Å²) in [6, 6.07) is 7.63. The first-order chi connectivity index (χ1) is 21.0. The molecule has 2 N–H and O–H groups in total. The Labute approximate surface area is 251 Å². The topological polar surface area (TPSA) is 151 Å². The van der Waals surface area contributed by atoms with Gasteiger partial charge in [0, 0.05) is 17.7 Å². The van der Waals surface area contributed by atoms with Gasteiger partial charge in [-0.05, 0) is 37.6 Å². The second-order valence-corrected chi connectivity index (χ2v) is 10.5. The number of aryl methyl sites for hydroxylation is 1. The molecule has 0 unspecified atom stereocenters. The van der Waals surface area contributed by atoms with E-state index in [1.807, 2.05) is 19.1 Å². The lowest BCUT2D eigenvalue weighted by Gasteiger charge is -2.15. The minimum Gasteiger partial charge on any atom is -0.480 e. The number of thiazole rings is 1. The van der Waals surface area contributed by atoms with Crippen LogP contribution in [0.1, 0.15) is 12.5 Å². The predicted molar refractivity (Wildman–Crippen MR) is 154 cm³/mol. The first-order valence-electron chi connectivity index (χ1n) is 13.0. The number of alkyl halides is 2. The van der Waals surface area contributed by atoms with Gasteiger partial charge in [-0.3, -0.25) is 5.32 Å². The van der Waals surface area contributed by atoms with Crippen molar-refractivity contribution in [2.45, 2.75) is 25.9 Å². The Morgan fingerprint density at radius 3 is 2.61 bits per heavy atom. The van der Waals surface area contributed by atoms with E-state index in [-0.39, 0.29) is 24.1 Å². The molecule has 4 aromatic heterocycles. The molecular formula is C28H25F3N6O6S. The number of aromatic nitrogens is 5. The SMILES string of the molecule is COc1cnc2c(-c3nc4cc(F)c(OC[C@@H](C)OC(=O)Nc5ccc(OCC(F)(F)CO)nc5)nc4s3)cc(C)cc2n1. The second-order valence-electron chi connectivity index (χ2n) is 9.55. The van der Waals surface area contributed by atoms with Crippen LogP contribution >= 0.6 is 11.3 Å². The number of benzene rings is 1. The number of nitrogens with zero attached hydrogens (tertiary/aromatic N) is 5. The molecule has 4 heterocycles. The quantitative estimate of drug-likeness (QED) is 0.199. The molecule has 5 rings (SSSR count). The largest absolute Gasteiger partial charge is 0.480 e. The van der Waals surface area contributed by atoms with E-state index in [0.29, 0.717) is 32.3 Å². The first-order valence-corrected chi connectivity index (χ1v) is 13.8. The Morgan fingerprint density at radius 1 is 1.07 bits per heavy atom. The van der Waals surface area contributed by atoms with Crippen molar-refractivity contribution < 1.29 is 42.0 Å². The third-order valence-electron chi connectivity index (χ3n) is 5.92. The van der Waals surface area contributed by atoms with Crippen LogP contribution in [0.3, 0.4) is 0 Å². The summed E-state index contributed by atoms with van der Waals surface area (Å²) >= 11 is 1.23. The molecule has 230 valence electrons. The van der Waals surface area contributed by atoms with Crippen molar-refractivity contribution in [3.63, 3.8) is 0 Å². The van der Waals surface area contributed by atoms with Crippen LogP contribution < -0.4 is 19.5 Å². The number of rotatable bonds is 11. The number of nitrogens with one attached hydrogen (secondary N) is 1. The number of aliphatic hydroxyl groups excluding tert-OH is 1. The highest BCUT2D eigenvalue weighted by Crippen LogP contribution is 2.35. The summed E-state index contributed by atoms with van der Waals surface area (Å²) in [6.07, 6.45) is 1.02. The van der Waals surface area contributed by atoms with Crippen molar-refractivity contribution in [1.82, 2.24) is 24.9 Å². The van der Waals surface area contributed by atoms with Crippen LogP contribution in [-0.4, -0.2) is 75.1 Å². The van der Waals surface area contributed by atoms with Gasteiger partial charge in [-0.25, -0.2) is 37.9 Å². The number of halogens is 3. The number of ether oxygens (including phenoxy) is 4. The summed E-state index contributed by atoms with van der Waals surface area (Å²) in [6.45, 7) is 0.835. The van der Waals surface area contributed by atoms with Crippen LogP contribution in [0.15, 0.2) is 42.7 Å². The van der Waals surface area contributed by atoms with Crippen molar-refractivity contribution in [2.75, 3.05) is 32.2 Å². The molecule has 0 saturated carbocycles. The fourth-order valence-corrected chi connectivity index (χ4v) is 4.81. The van der Waals surface area contributed by atoms with Crippen molar-refractivity contribution in [3.05, 3.63) is 54.1 Å². The van der Waals surface area contributed by atoms with Crippen LogP contribution in [0.2, 0.25) is 0 Å². The molecule has 1 amide bonds. The number of fused-ring (bicyclic) bond motifs is 2. The first kappa shape index (κ1) is 30.6. The molecule has 0 aliphatic heterocycles. The molecule has 1 atom stereocenters. The maximum absolute atomic E-state index is 14.9. The van der Waals surface area contributed by atoms with Gasteiger partial charge in [0.2, 0.25) is 11.8 Å². The van der Waals surface area contributed by atoms with Gasteiger partial charge in [0.1, 0.15) is 34.7 Å². The van der Waals surface area contributed by atoms with Gasteiger partial charge in [-0.15, -0.1) is 0 Å². The smallest absolute Gasteiger partial charge is 0.412 e. The molecule has 5 aromatic rings. The van der Waals surface area contributed by atoms with Gasteiger partial charge < -0.3 is 24.1 Å². The van der Waals surface area contributed by atoms with E-state index < -0.39 is 37.2 Å². The summed E-state index contributed by atoms with van der Waals surface area (Å²) in [5.41, 5.74) is 3.42. The molecule has 0 radical (unpaired) electrons. The predicted octanol–water partition coefficient (Wildman–Crippen LogP) is 5.18. The minimum atomic E-state index is -3.41. The molecule has 0 bridgehead atoms. The van der Waals surface area contributed by atoms with Crippen LogP contribution in [0.4, 0.5) is 23.7 Å². The molecule has 1 aromatic carbocycles. The summed E-state index contributed by atoms with van der Waals surface area (Å²) in [7, 11) is 1.51. The van der Waals surface area contributed by atoms with E-state index in [1.165, 1.54) is 56.0 Å². The van der Waals surface area contributed by atoms with Crippen molar-refractivity contribution in [2.24, 2.45) is 0 Å². The zero-order valence-electron chi connectivity index (χ0n) is 23.5. The number of carbonyl (C=O) groups excluding carboxylic acids is 1. The van der Waals surface area contributed by atoms with E-state index in [0.717, 1.165) is 11.1 Å². The van der Waals surface area contributed by atoms with E-state index in [9.17, 15) is 18.0 Å². The van der Waals surface area contributed by atoms with Gasteiger partial charge in [0.15, 0.2) is 12.4 Å². The highest BCUT2D eigenvalue weighted by atomic mass is 32.1. The molecule has 12 nitrogen and oxygen atoms in total. The van der Waals surface area contributed by atoms with Crippen LogP contribution in [-0.2, 0) is 4.74 Å². The lowest BCUT2D eigenvalue weighted by Crippen LogP contribution is -2.29. The fraction of sp³-hybridized carbons (Fsp3) is 0.286. The number of carbonyl (C=O) groups is 1. The normalized spacial score (nSPS) is 12.2. The van der Waals surface area contributed by atoms with Crippen molar-refractivity contribution >= 4 is 44.5 Å². The number of hydrogen-bond donors (Lipinski definition) is 2. The molecule has 0 saturated heterocycles. The van der Waals surface area contributed by atoms with E-state index >= 15 is 0 Å². The molecule has 0 aliphatic carbocycles. The number of hydrogen-bond acceptors (Lipinski definition) is 12. The van der Waals surface area contributed by atoms with E-state index in [2.05, 4.69) is 30.2 Å². The summed E-state index contributed by atoms with van der Waals surface area (Å²) in [5, 5.41) is 11.6. The lowest BCUT2D eigenvalue weighted by atomic mass is 10.1. The summed E-state index contributed by atoms with van der Waals surface area (Å²) in [5.74, 6) is -4.18. The van der Waals surface area contributed by atoms with Gasteiger partial charge in [-0.1, -0.05) is 11.3 Å². The Bertz CT molecular complexity index is 1810. The van der Waals surface area contributed by atoms with Gasteiger partial charge in [0.25, 0.3) is 5.88 Å². The summed E-state index contributed by atoms with van der Waals surface area (Å²) < 4.78 is 61.8. The van der Waals surface area contributed by atoms with E-state index in [1.54, 1.807) is 0 Å². The molecule has 44 heavy (non-hydrogen) atoms. The molecular weight excluding hydrogens is 605 g/mol. The Hall–Kier alpha value is -4.83. The molecule has 0 spiro atoms. The monoisotopic (exact) mass is 630 g/mol. The number of anilines is 1. The van der Waals surface area contributed by atoms with Gasteiger partial charge in [-0.2, -0.15) is 4.98 Å². The third kappa shape index (κ3) is 7.20. The van der Waals surface area contributed by atoms with Crippen LogP contribution in [0.5, 0.6) is 17.6 Å². The summed E-state index contributed by atoms with van der Waals surface area (Å²) in [4.78, 5) is 34.2. The Kier molecular flexibility index (Phi) is 8.91. The minimum absolute atomic E-state index is 0.125. The van der Waals surface area contributed by atoms with Gasteiger partial charge in [0.05, 0.1) is 36.2 Å². The standard InChI is InChI=1S/C28H25F3N6O6S/c1-14-6-17(23-19(7-14)35-22(40-3)10-33-23)25-36-20-8-18(29)24(37-26(20)44-25)41-11-15(2)43-27(39)34-16-4-5-21(32-9-16)42-13-28(30,31)12-38/h4-10,15,38H,11-13H2,1-3H3,(H,34,39)/t15-/m1/s1. The van der Waals surface area contributed by atoms with Crippen molar-refractivity contribution in [1.29, 1.82) is 0 Å². The third-order valence-corrected chi connectivity index (χ3v) is 6.92. The molecule has 0 fully saturated rings. The van der Waals surface area contributed by atoms with Gasteiger partial charge >= 0.3 is 12.0 Å². The highest BCUT2D eigenvalue weighted by molar-refractivity contribution is 7.21. The van der Waals surface area contributed by atoms with Crippen LogP contribution in [0, 0.1) is 12.7 Å². The molecule has 0 aliphatic rings. The maximum atomic E-state index is 14.9. The second kappa shape index (κ2) is 12.8. The number of pyridine rings is 2. The Balaban J connectivity index is 1.21. The van der Waals surface area contributed by atoms with Crippen molar-refractivity contribution in [3.8, 4) is 28.2 Å². The Morgan fingerprint density at radius 2 is 1.89 bits per heavy atom. The van der Waals surface area contributed by atoms with E-state index in [4.69, 9.17) is 24.1 Å². The maximum Gasteiger partial charge on any atom is 0.412 e. The lowest BCUT2D eigenvalue weighted by molar-refractivity contribution is -0.0809. The number of amides is 1. The average molecular weight is 631 g/mol. The number of aliphatic hydroxyl groups is 1. The average Bonchev–Trinajstić information content (AvgIpc) is 3.41. The zero-order chi connectivity index (χ0) is 31.4. The highest BCUT2D eigenvalue weighted by Gasteiger charge is 2.29.